The Labute approximate surface area is 89.6 Å². The second kappa shape index (κ2) is 5.50. The van der Waals surface area contributed by atoms with Gasteiger partial charge in [-0.3, -0.25) is 14.4 Å². The SMILES string of the molecule is COC(=O)CCN(C)Cc1ccn(C)n1. The summed E-state index contributed by atoms with van der Waals surface area (Å²) in [6, 6.07) is 1.97. The number of ether oxygens (including phenoxy) is 1. The Morgan fingerprint density at radius 2 is 2.40 bits per heavy atom. The fourth-order valence-electron chi connectivity index (χ4n) is 1.29. The first-order valence-electron chi connectivity index (χ1n) is 4.85. The van der Waals surface area contributed by atoms with Crippen molar-refractivity contribution in [3.63, 3.8) is 0 Å². The van der Waals surface area contributed by atoms with Gasteiger partial charge in [-0.1, -0.05) is 0 Å². The topological polar surface area (TPSA) is 47.4 Å². The van der Waals surface area contributed by atoms with Crippen LogP contribution in [0.3, 0.4) is 0 Å². The molecule has 0 bridgehead atoms. The average molecular weight is 211 g/mol. The van der Waals surface area contributed by atoms with Crippen molar-refractivity contribution >= 4 is 5.97 Å². The zero-order chi connectivity index (χ0) is 11.3. The van der Waals surface area contributed by atoms with E-state index in [1.807, 2.05) is 31.3 Å². The minimum atomic E-state index is -0.178. The summed E-state index contributed by atoms with van der Waals surface area (Å²) < 4.78 is 6.34. The Hall–Kier alpha value is -1.36. The van der Waals surface area contributed by atoms with Gasteiger partial charge in [0.2, 0.25) is 0 Å². The maximum absolute atomic E-state index is 10.9. The summed E-state index contributed by atoms with van der Waals surface area (Å²) in [5, 5.41) is 4.26. The second-order valence-electron chi connectivity index (χ2n) is 3.54. The lowest BCUT2D eigenvalue weighted by Gasteiger charge is -2.13. The highest BCUT2D eigenvalue weighted by molar-refractivity contribution is 5.69. The first kappa shape index (κ1) is 11.7. The molecular weight excluding hydrogens is 194 g/mol. The van der Waals surface area contributed by atoms with Gasteiger partial charge in [-0.15, -0.1) is 0 Å². The van der Waals surface area contributed by atoms with E-state index >= 15 is 0 Å². The van der Waals surface area contributed by atoms with Crippen molar-refractivity contribution in [2.45, 2.75) is 13.0 Å². The Morgan fingerprint density at radius 1 is 1.67 bits per heavy atom. The van der Waals surface area contributed by atoms with E-state index < -0.39 is 0 Å². The third-order valence-corrected chi connectivity index (χ3v) is 2.13. The van der Waals surface area contributed by atoms with Crippen LogP contribution >= 0.6 is 0 Å². The van der Waals surface area contributed by atoms with Crippen LogP contribution < -0.4 is 0 Å². The molecule has 1 rings (SSSR count). The van der Waals surface area contributed by atoms with E-state index in [1.54, 1.807) is 4.68 Å². The predicted molar refractivity (Wildman–Crippen MR) is 56.2 cm³/mol. The maximum Gasteiger partial charge on any atom is 0.306 e. The van der Waals surface area contributed by atoms with Gasteiger partial charge < -0.3 is 4.74 Å². The second-order valence-corrected chi connectivity index (χ2v) is 3.54. The van der Waals surface area contributed by atoms with E-state index in [0.29, 0.717) is 13.0 Å². The average Bonchev–Trinajstić information content (AvgIpc) is 2.60. The van der Waals surface area contributed by atoms with Crippen molar-refractivity contribution in [1.82, 2.24) is 14.7 Å². The molecule has 0 radical (unpaired) electrons. The zero-order valence-electron chi connectivity index (χ0n) is 9.43. The first-order chi connectivity index (χ1) is 7.11. The Balaban J connectivity index is 2.30. The number of aryl methyl sites for hydroxylation is 1. The van der Waals surface area contributed by atoms with Crippen LogP contribution in [0, 0.1) is 0 Å². The van der Waals surface area contributed by atoms with E-state index in [-0.39, 0.29) is 5.97 Å². The van der Waals surface area contributed by atoms with E-state index in [2.05, 4.69) is 9.84 Å². The number of hydrogen-bond acceptors (Lipinski definition) is 4. The van der Waals surface area contributed by atoms with Crippen LogP contribution in [0.4, 0.5) is 0 Å². The van der Waals surface area contributed by atoms with Gasteiger partial charge in [0.1, 0.15) is 0 Å². The molecule has 0 aliphatic carbocycles. The highest BCUT2D eigenvalue weighted by Crippen LogP contribution is 2.00. The summed E-state index contributed by atoms with van der Waals surface area (Å²) in [6.07, 6.45) is 2.32. The molecular formula is C10H17N3O2. The summed E-state index contributed by atoms with van der Waals surface area (Å²) in [5.41, 5.74) is 1.00. The highest BCUT2D eigenvalue weighted by atomic mass is 16.5. The molecule has 0 fully saturated rings. The lowest BCUT2D eigenvalue weighted by Crippen LogP contribution is -2.22. The largest absolute Gasteiger partial charge is 0.469 e. The summed E-state index contributed by atoms with van der Waals surface area (Å²) in [4.78, 5) is 12.9. The molecule has 0 amide bonds. The molecule has 0 aromatic carbocycles. The van der Waals surface area contributed by atoms with Crippen LogP contribution in [-0.4, -0.2) is 41.4 Å². The van der Waals surface area contributed by atoms with Crippen molar-refractivity contribution in [1.29, 1.82) is 0 Å². The number of esters is 1. The fourth-order valence-corrected chi connectivity index (χ4v) is 1.29. The van der Waals surface area contributed by atoms with Gasteiger partial charge in [-0.2, -0.15) is 5.10 Å². The van der Waals surface area contributed by atoms with Gasteiger partial charge in [0, 0.05) is 26.3 Å². The van der Waals surface area contributed by atoms with Gasteiger partial charge >= 0.3 is 5.97 Å². The summed E-state index contributed by atoms with van der Waals surface area (Å²) >= 11 is 0. The summed E-state index contributed by atoms with van der Waals surface area (Å²) in [7, 11) is 5.25. The Kier molecular flexibility index (Phi) is 4.30. The third-order valence-electron chi connectivity index (χ3n) is 2.13. The number of rotatable bonds is 5. The van der Waals surface area contributed by atoms with Crippen molar-refractivity contribution < 1.29 is 9.53 Å². The van der Waals surface area contributed by atoms with E-state index in [1.165, 1.54) is 7.11 Å². The number of methoxy groups -OCH3 is 1. The number of nitrogens with zero attached hydrogens (tertiary/aromatic N) is 3. The molecule has 5 heteroatoms. The fraction of sp³-hybridized carbons (Fsp3) is 0.600. The summed E-state index contributed by atoms with van der Waals surface area (Å²) in [6.45, 7) is 1.43. The van der Waals surface area contributed by atoms with E-state index in [4.69, 9.17) is 0 Å². The molecule has 0 unspecified atom stereocenters. The van der Waals surface area contributed by atoms with Crippen LogP contribution in [-0.2, 0) is 23.1 Å². The third kappa shape index (κ3) is 4.12. The number of carbonyl (C=O) groups excluding carboxylic acids is 1. The van der Waals surface area contributed by atoms with Crippen LogP contribution in [0.2, 0.25) is 0 Å². The van der Waals surface area contributed by atoms with Gasteiger partial charge in [0.05, 0.1) is 19.2 Å². The van der Waals surface area contributed by atoms with E-state index in [9.17, 15) is 4.79 Å². The van der Waals surface area contributed by atoms with Crippen LogP contribution in [0.5, 0.6) is 0 Å². The molecule has 84 valence electrons. The van der Waals surface area contributed by atoms with Crippen molar-refractivity contribution in [3.05, 3.63) is 18.0 Å². The van der Waals surface area contributed by atoms with Crippen LogP contribution in [0.25, 0.3) is 0 Å². The van der Waals surface area contributed by atoms with Gasteiger partial charge in [-0.25, -0.2) is 0 Å². The zero-order valence-corrected chi connectivity index (χ0v) is 9.43. The molecule has 0 atom stereocenters. The van der Waals surface area contributed by atoms with Crippen LogP contribution in [0.15, 0.2) is 12.3 Å². The minimum absolute atomic E-state index is 0.178. The first-order valence-corrected chi connectivity index (χ1v) is 4.85. The Morgan fingerprint density at radius 3 is 2.93 bits per heavy atom. The molecule has 0 saturated carbocycles. The van der Waals surface area contributed by atoms with Crippen molar-refractivity contribution in [2.75, 3.05) is 20.7 Å². The molecule has 1 aromatic rings. The molecule has 15 heavy (non-hydrogen) atoms. The monoisotopic (exact) mass is 211 g/mol. The quantitative estimate of drug-likeness (QED) is 0.662. The molecule has 0 aliphatic rings. The highest BCUT2D eigenvalue weighted by Gasteiger charge is 2.06. The van der Waals surface area contributed by atoms with Gasteiger partial charge in [0.25, 0.3) is 0 Å². The summed E-state index contributed by atoms with van der Waals surface area (Å²) in [5.74, 6) is -0.178. The number of carbonyl (C=O) groups is 1. The lowest BCUT2D eigenvalue weighted by molar-refractivity contribution is -0.140. The molecule has 1 heterocycles. The molecule has 0 spiro atoms. The molecule has 5 nitrogen and oxygen atoms in total. The van der Waals surface area contributed by atoms with Crippen LogP contribution in [0.1, 0.15) is 12.1 Å². The molecule has 0 N–H and O–H groups in total. The minimum Gasteiger partial charge on any atom is -0.469 e. The van der Waals surface area contributed by atoms with E-state index in [0.717, 1.165) is 12.2 Å². The van der Waals surface area contributed by atoms with Gasteiger partial charge in [0.15, 0.2) is 0 Å². The lowest BCUT2D eigenvalue weighted by atomic mass is 10.3. The molecule has 0 saturated heterocycles. The smallest absolute Gasteiger partial charge is 0.306 e. The molecule has 1 aromatic heterocycles. The van der Waals surface area contributed by atoms with Crippen molar-refractivity contribution in [3.8, 4) is 0 Å². The number of hydrogen-bond donors (Lipinski definition) is 0. The Bertz CT molecular complexity index is 322. The maximum atomic E-state index is 10.9. The predicted octanol–water partition coefficient (Wildman–Crippen LogP) is 0.415. The van der Waals surface area contributed by atoms with Crippen molar-refractivity contribution in [2.24, 2.45) is 7.05 Å². The normalized spacial score (nSPS) is 10.7. The van der Waals surface area contributed by atoms with Gasteiger partial charge in [-0.05, 0) is 13.1 Å². The number of aromatic nitrogens is 2. The molecule has 0 aliphatic heterocycles. The standard InChI is InChI=1S/C10H17N3O2/c1-12(6-5-10(14)15-3)8-9-4-7-13(2)11-9/h4,7H,5-6,8H2,1-3H3.